The average molecular weight is 421 g/mol. The summed E-state index contributed by atoms with van der Waals surface area (Å²) in [5.41, 5.74) is 3.77. The predicted octanol–water partition coefficient (Wildman–Crippen LogP) is 5.62. The lowest BCUT2D eigenvalue weighted by molar-refractivity contribution is 0.355. The molecule has 0 aliphatic carbocycles. The van der Waals surface area contributed by atoms with Gasteiger partial charge in [0, 0.05) is 11.3 Å². The van der Waals surface area contributed by atoms with Crippen molar-refractivity contribution in [2.75, 3.05) is 25.8 Å². The highest BCUT2D eigenvalue weighted by Crippen LogP contribution is 2.35. The number of nitrogens with zero attached hydrogens (tertiary/aromatic N) is 3. The number of aromatic nitrogens is 2. The Balaban J connectivity index is 2.08. The summed E-state index contributed by atoms with van der Waals surface area (Å²) in [6.45, 7) is 4.31. The first-order valence-electron chi connectivity index (χ1n) is 9.46. The standard InChI is InChI=1S/C23H24N4O2S/c1-14(2)15-6-9-17(10-7-15)25-22-18(13-24)21(26-23(27-22)30-5)16-8-11-19(28-3)20(12-16)29-4/h6-12,14H,1-5H3,(H,25,26,27). The summed E-state index contributed by atoms with van der Waals surface area (Å²) < 4.78 is 10.7. The van der Waals surface area contributed by atoms with E-state index in [0.29, 0.717) is 39.6 Å². The van der Waals surface area contributed by atoms with Crippen molar-refractivity contribution in [2.45, 2.75) is 24.9 Å². The van der Waals surface area contributed by atoms with Crippen molar-refractivity contribution in [1.82, 2.24) is 9.97 Å². The molecule has 0 spiro atoms. The Bertz CT molecular complexity index is 1080. The van der Waals surface area contributed by atoms with Gasteiger partial charge in [-0.1, -0.05) is 37.7 Å². The van der Waals surface area contributed by atoms with Gasteiger partial charge in [0.2, 0.25) is 0 Å². The summed E-state index contributed by atoms with van der Waals surface area (Å²) >= 11 is 1.42. The lowest BCUT2D eigenvalue weighted by Gasteiger charge is -2.14. The van der Waals surface area contributed by atoms with Crippen molar-refractivity contribution in [2.24, 2.45) is 0 Å². The Morgan fingerprint density at radius 2 is 1.70 bits per heavy atom. The molecule has 3 aromatic rings. The van der Waals surface area contributed by atoms with E-state index in [1.807, 2.05) is 30.5 Å². The van der Waals surface area contributed by atoms with Crippen LogP contribution in [0.2, 0.25) is 0 Å². The van der Waals surface area contributed by atoms with Gasteiger partial charge in [-0.15, -0.1) is 0 Å². The first kappa shape index (κ1) is 21.5. The lowest BCUT2D eigenvalue weighted by atomic mass is 10.0. The zero-order valence-electron chi connectivity index (χ0n) is 17.7. The second kappa shape index (κ2) is 9.51. The van der Waals surface area contributed by atoms with Gasteiger partial charge in [-0.3, -0.25) is 0 Å². The highest BCUT2D eigenvalue weighted by Gasteiger charge is 2.18. The van der Waals surface area contributed by atoms with E-state index >= 15 is 0 Å². The number of anilines is 2. The molecule has 6 nitrogen and oxygen atoms in total. The minimum absolute atomic E-state index is 0.368. The van der Waals surface area contributed by atoms with Crippen molar-refractivity contribution < 1.29 is 9.47 Å². The Hall–Kier alpha value is -3.24. The van der Waals surface area contributed by atoms with Crippen molar-refractivity contribution >= 4 is 23.3 Å². The van der Waals surface area contributed by atoms with E-state index < -0.39 is 0 Å². The molecule has 1 N–H and O–H groups in total. The molecule has 0 saturated heterocycles. The lowest BCUT2D eigenvalue weighted by Crippen LogP contribution is -2.04. The summed E-state index contributed by atoms with van der Waals surface area (Å²) in [6, 6.07) is 15.9. The van der Waals surface area contributed by atoms with Crippen LogP contribution in [0.15, 0.2) is 47.6 Å². The van der Waals surface area contributed by atoms with Crippen molar-refractivity contribution in [1.29, 1.82) is 5.26 Å². The second-order valence-electron chi connectivity index (χ2n) is 6.87. The van der Waals surface area contributed by atoms with Gasteiger partial charge in [-0.2, -0.15) is 5.26 Å². The number of hydrogen-bond acceptors (Lipinski definition) is 7. The molecule has 2 aromatic carbocycles. The third-order valence-electron chi connectivity index (χ3n) is 4.68. The monoisotopic (exact) mass is 420 g/mol. The second-order valence-corrected chi connectivity index (χ2v) is 7.64. The van der Waals surface area contributed by atoms with Crippen LogP contribution in [0, 0.1) is 11.3 Å². The molecule has 0 aliphatic heterocycles. The largest absolute Gasteiger partial charge is 0.493 e. The maximum Gasteiger partial charge on any atom is 0.189 e. The van der Waals surface area contributed by atoms with Crippen molar-refractivity contribution in [3.63, 3.8) is 0 Å². The molecule has 0 unspecified atom stereocenters. The zero-order chi connectivity index (χ0) is 21.7. The van der Waals surface area contributed by atoms with Gasteiger partial charge in [0.1, 0.15) is 11.6 Å². The summed E-state index contributed by atoms with van der Waals surface area (Å²) in [4.78, 5) is 9.14. The van der Waals surface area contributed by atoms with E-state index in [1.165, 1.54) is 17.3 Å². The number of methoxy groups -OCH3 is 2. The van der Waals surface area contributed by atoms with Gasteiger partial charge in [0.25, 0.3) is 0 Å². The smallest absolute Gasteiger partial charge is 0.189 e. The number of rotatable bonds is 7. The first-order valence-corrected chi connectivity index (χ1v) is 10.7. The van der Waals surface area contributed by atoms with Crippen molar-refractivity contribution in [3.8, 4) is 28.8 Å². The molecule has 30 heavy (non-hydrogen) atoms. The van der Waals surface area contributed by atoms with Crippen LogP contribution in [-0.2, 0) is 0 Å². The van der Waals surface area contributed by atoms with Gasteiger partial charge >= 0.3 is 0 Å². The molecular weight excluding hydrogens is 396 g/mol. The van der Waals surface area contributed by atoms with E-state index in [0.717, 1.165) is 11.3 Å². The summed E-state index contributed by atoms with van der Waals surface area (Å²) in [5.74, 6) is 2.11. The molecule has 0 atom stereocenters. The highest BCUT2D eigenvalue weighted by molar-refractivity contribution is 7.98. The van der Waals surface area contributed by atoms with E-state index in [4.69, 9.17) is 9.47 Å². The number of thioether (sulfide) groups is 1. The molecule has 0 fully saturated rings. The third-order valence-corrected chi connectivity index (χ3v) is 5.23. The molecule has 3 rings (SSSR count). The first-order chi connectivity index (χ1) is 14.5. The van der Waals surface area contributed by atoms with Gasteiger partial charge in [0.15, 0.2) is 22.5 Å². The maximum atomic E-state index is 9.91. The summed E-state index contributed by atoms with van der Waals surface area (Å²) in [6.07, 6.45) is 1.90. The van der Waals surface area contributed by atoms with Crippen LogP contribution in [0.4, 0.5) is 11.5 Å². The fourth-order valence-corrected chi connectivity index (χ4v) is 3.37. The van der Waals surface area contributed by atoms with Crippen LogP contribution in [0.25, 0.3) is 11.3 Å². The average Bonchev–Trinajstić information content (AvgIpc) is 2.78. The van der Waals surface area contributed by atoms with Gasteiger partial charge < -0.3 is 14.8 Å². The van der Waals surface area contributed by atoms with Crippen LogP contribution in [0.5, 0.6) is 11.5 Å². The summed E-state index contributed by atoms with van der Waals surface area (Å²) in [7, 11) is 3.16. The Kier molecular flexibility index (Phi) is 6.80. The third kappa shape index (κ3) is 4.50. The topological polar surface area (TPSA) is 80.1 Å². The molecule has 154 valence electrons. The quantitative estimate of drug-likeness (QED) is 0.392. The number of benzene rings is 2. The molecule has 7 heteroatoms. The molecule has 0 aliphatic rings. The maximum absolute atomic E-state index is 9.91. The minimum Gasteiger partial charge on any atom is -0.493 e. The minimum atomic E-state index is 0.368. The predicted molar refractivity (Wildman–Crippen MR) is 121 cm³/mol. The van der Waals surface area contributed by atoms with Gasteiger partial charge in [-0.05, 0) is 48.1 Å². The fourth-order valence-electron chi connectivity index (χ4n) is 3.01. The number of hydrogen-bond donors (Lipinski definition) is 1. The highest BCUT2D eigenvalue weighted by atomic mass is 32.2. The van der Waals surface area contributed by atoms with Crippen LogP contribution >= 0.6 is 11.8 Å². The van der Waals surface area contributed by atoms with Crippen LogP contribution < -0.4 is 14.8 Å². The zero-order valence-corrected chi connectivity index (χ0v) is 18.5. The molecule has 0 saturated carbocycles. The Morgan fingerprint density at radius 3 is 2.27 bits per heavy atom. The van der Waals surface area contributed by atoms with Crippen LogP contribution in [-0.4, -0.2) is 30.4 Å². The Labute approximate surface area is 181 Å². The number of nitrogens with one attached hydrogen (secondary N) is 1. The van der Waals surface area contributed by atoms with E-state index in [2.05, 4.69) is 47.3 Å². The molecular formula is C23H24N4O2S. The number of ether oxygens (including phenoxy) is 2. The van der Waals surface area contributed by atoms with Crippen LogP contribution in [0.1, 0.15) is 30.9 Å². The van der Waals surface area contributed by atoms with E-state index in [-0.39, 0.29) is 0 Å². The van der Waals surface area contributed by atoms with Gasteiger partial charge in [-0.25, -0.2) is 9.97 Å². The SMILES string of the molecule is COc1ccc(-c2nc(SC)nc(Nc3ccc(C(C)C)cc3)c2C#N)cc1OC. The molecule has 0 radical (unpaired) electrons. The molecule has 1 heterocycles. The van der Waals surface area contributed by atoms with Crippen molar-refractivity contribution in [3.05, 3.63) is 53.6 Å². The molecule has 1 aromatic heterocycles. The van der Waals surface area contributed by atoms with E-state index in [1.54, 1.807) is 20.3 Å². The Morgan fingerprint density at radius 1 is 1.00 bits per heavy atom. The normalized spacial score (nSPS) is 10.6. The fraction of sp³-hybridized carbons (Fsp3) is 0.261. The number of nitriles is 1. The summed E-state index contributed by atoms with van der Waals surface area (Å²) in [5, 5.41) is 13.8. The van der Waals surface area contributed by atoms with Gasteiger partial charge in [0.05, 0.1) is 19.9 Å². The molecule has 0 bridgehead atoms. The van der Waals surface area contributed by atoms with Crippen LogP contribution in [0.3, 0.4) is 0 Å². The molecule has 0 amide bonds. The van der Waals surface area contributed by atoms with E-state index in [9.17, 15) is 5.26 Å².